The lowest BCUT2D eigenvalue weighted by atomic mass is 9.84. The van der Waals surface area contributed by atoms with Crippen LogP contribution in [0.3, 0.4) is 0 Å². The molecule has 4 heteroatoms. The fourth-order valence-electron chi connectivity index (χ4n) is 3.06. The molecule has 0 saturated heterocycles. The van der Waals surface area contributed by atoms with Crippen LogP contribution >= 0.6 is 22.7 Å². The van der Waals surface area contributed by atoms with Crippen molar-refractivity contribution in [2.45, 2.75) is 25.2 Å². The van der Waals surface area contributed by atoms with Gasteiger partial charge in [-0.3, -0.25) is 4.79 Å². The molecule has 4 rings (SSSR count). The van der Waals surface area contributed by atoms with E-state index in [0.29, 0.717) is 0 Å². The van der Waals surface area contributed by atoms with Crippen molar-refractivity contribution in [1.29, 1.82) is 0 Å². The van der Waals surface area contributed by atoms with Gasteiger partial charge in [-0.1, -0.05) is 6.07 Å². The highest BCUT2D eigenvalue weighted by atomic mass is 32.1. The Kier molecular flexibility index (Phi) is 3.16. The van der Waals surface area contributed by atoms with E-state index in [1.165, 1.54) is 33.9 Å². The normalized spacial score (nSPS) is 17.9. The lowest BCUT2D eigenvalue weighted by molar-refractivity contribution is 0.0955. The molecule has 0 fully saturated rings. The number of hydrogen-bond acceptors (Lipinski definition) is 3. The standard InChI is InChI=1S/C17H13FOS2/c18-11-5-4-10-8-16(21-15(10)9-11)17(19)13-2-1-3-14-12(13)6-7-20-14/h4-9,13H,1-3H2. The molecule has 1 aromatic carbocycles. The number of halogens is 1. The number of thiophene rings is 2. The minimum atomic E-state index is -0.249. The zero-order valence-electron chi connectivity index (χ0n) is 11.3. The Morgan fingerprint density at radius 1 is 1.24 bits per heavy atom. The predicted molar refractivity (Wildman–Crippen MR) is 86.1 cm³/mol. The topological polar surface area (TPSA) is 17.1 Å². The summed E-state index contributed by atoms with van der Waals surface area (Å²) in [5.41, 5.74) is 1.21. The smallest absolute Gasteiger partial charge is 0.180 e. The molecular formula is C17H13FOS2. The van der Waals surface area contributed by atoms with E-state index in [0.717, 1.165) is 34.2 Å². The fourth-order valence-corrected chi connectivity index (χ4v) is 5.13. The third-order valence-corrected chi connectivity index (χ3v) is 6.20. The van der Waals surface area contributed by atoms with Gasteiger partial charge in [-0.15, -0.1) is 22.7 Å². The van der Waals surface area contributed by atoms with Crippen molar-refractivity contribution in [1.82, 2.24) is 0 Å². The number of aryl methyl sites for hydroxylation is 1. The molecule has 0 aliphatic heterocycles. The van der Waals surface area contributed by atoms with Crippen LogP contribution in [0.1, 0.15) is 38.9 Å². The van der Waals surface area contributed by atoms with Gasteiger partial charge < -0.3 is 0 Å². The van der Waals surface area contributed by atoms with Gasteiger partial charge in [0.2, 0.25) is 0 Å². The lowest BCUT2D eigenvalue weighted by Gasteiger charge is -2.20. The third kappa shape index (κ3) is 2.23. The number of Topliss-reactive ketones (excluding diaryl/α,β-unsaturated/α-hetero) is 1. The van der Waals surface area contributed by atoms with E-state index < -0.39 is 0 Å². The minimum Gasteiger partial charge on any atom is -0.293 e. The Hall–Kier alpha value is -1.52. The highest BCUT2D eigenvalue weighted by Gasteiger charge is 2.29. The lowest BCUT2D eigenvalue weighted by Crippen LogP contribution is -2.16. The molecule has 2 aromatic heterocycles. The Labute approximate surface area is 130 Å². The van der Waals surface area contributed by atoms with E-state index in [9.17, 15) is 9.18 Å². The van der Waals surface area contributed by atoms with Gasteiger partial charge in [-0.05, 0) is 59.9 Å². The van der Waals surface area contributed by atoms with Gasteiger partial charge in [0.15, 0.2) is 5.78 Å². The van der Waals surface area contributed by atoms with Gasteiger partial charge >= 0.3 is 0 Å². The predicted octanol–water partition coefficient (Wildman–Crippen LogP) is 5.40. The van der Waals surface area contributed by atoms with E-state index in [1.54, 1.807) is 17.4 Å². The summed E-state index contributed by atoms with van der Waals surface area (Å²) < 4.78 is 14.1. The molecule has 21 heavy (non-hydrogen) atoms. The maximum atomic E-state index is 13.3. The highest BCUT2D eigenvalue weighted by Crippen LogP contribution is 2.39. The van der Waals surface area contributed by atoms with Crippen LogP contribution in [0, 0.1) is 5.82 Å². The molecule has 0 N–H and O–H groups in total. The maximum Gasteiger partial charge on any atom is 0.180 e. The summed E-state index contributed by atoms with van der Waals surface area (Å²) in [6, 6.07) is 8.69. The van der Waals surface area contributed by atoms with E-state index >= 15 is 0 Å². The number of fused-ring (bicyclic) bond motifs is 2. The van der Waals surface area contributed by atoms with E-state index in [1.807, 2.05) is 6.07 Å². The molecule has 1 aliphatic rings. The molecule has 0 saturated carbocycles. The van der Waals surface area contributed by atoms with Gasteiger partial charge in [0, 0.05) is 15.5 Å². The summed E-state index contributed by atoms with van der Waals surface area (Å²) in [4.78, 5) is 14.9. The van der Waals surface area contributed by atoms with Crippen molar-refractivity contribution in [3.63, 3.8) is 0 Å². The minimum absolute atomic E-state index is 0.0158. The van der Waals surface area contributed by atoms with Gasteiger partial charge in [-0.2, -0.15) is 0 Å². The van der Waals surface area contributed by atoms with Crippen LogP contribution in [-0.2, 0) is 6.42 Å². The van der Waals surface area contributed by atoms with Crippen molar-refractivity contribution in [2.75, 3.05) is 0 Å². The zero-order valence-corrected chi connectivity index (χ0v) is 12.9. The Morgan fingerprint density at radius 3 is 3.05 bits per heavy atom. The van der Waals surface area contributed by atoms with Crippen molar-refractivity contribution in [2.24, 2.45) is 0 Å². The van der Waals surface area contributed by atoms with E-state index in [2.05, 4.69) is 11.4 Å². The monoisotopic (exact) mass is 316 g/mol. The molecule has 1 aliphatic carbocycles. The fraction of sp³-hybridized carbons (Fsp3) is 0.235. The molecule has 0 amide bonds. The van der Waals surface area contributed by atoms with Crippen LogP contribution in [0.2, 0.25) is 0 Å². The number of carbonyl (C=O) groups excluding carboxylic acids is 1. The number of benzene rings is 1. The quantitative estimate of drug-likeness (QED) is 0.578. The number of hydrogen-bond donors (Lipinski definition) is 0. The largest absolute Gasteiger partial charge is 0.293 e. The van der Waals surface area contributed by atoms with Gasteiger partial charge in [0.05, 0.1) is 4.88 Å². The van der Waals surface area contributed by atoms with Crippen molar-refractivity contribution < 1.29 is 9.18 Å². The zero-order chi connectivity index (χ0) is 14.4. The molecule has 0 radical (unpaired) electrons. The molecule has 1 unspecified atom stereocenters. The summed E-state index contributed by atoms with van der Waals surface area (Å²) in [7, 11) is 0. The van der Waals surface area contributed by atoms with Crippen LogP contribution in [0.25, 0.3) is 10.1 Å². The summed E-state index contributed by atoms with van der Waals surface area (Å²) in [5, 5.41) is 3.03. The molecule has 1 atom stereocenters. The second-order valence-electron chi connectivity index (χ2n) is 5.40. The average molecular weight is 316 g/mol. The third-order valence-electron chi connectivity index (χ3n) is 4.09. The van der Waals surface area contributed by atoms with Gasteiger partial charge in [0.1, 0.15) is 5.82 Å². The molecule has 0 bridgehead atoms. The first kappa shape index (κ1) is 13.2. The van der Waals surface area contributed by atoms with Crippen LogP contribution in [-0.4, -0.2) is 5.78 Å². The highest BCUT2D eigenvalue weighted by molar-refractivity contribution is 7.20. The van der Waals surface area contributed by atoms with E-state index in [4.69, 9.17) is 0 Å². The SMILES string of the molecule is O=C(c1cc2ccc(F)cc2s1)C1CCCc2sccc21. The van der Waals surface area contributed by atoms with Crippen LogP contribution in [0.5, 0.6) is 0 Å². The Morgan fingerprint density at radius 2 is 2.14 bits per heavy atom. The summed E-state index contributed by atoms with van der Waals surface area (Å²) in [5.74, 6) is -0.0741. The summed E-state index contributed by atoms with van der Waals surface area (Å²) in [6.45, 7) is 0. The molecule has 2 heterocycles. The number of rotatable bonds is 2. The number of carbonyl (C=O) groups is 1. The van der Waals surface area contributed by atoms with E-state index in [-0.39, 0.29) is 17.5 Å². The first-order valence-electron chi connectivity index (χ1n) is 7.02. The molecule has 3 aromatic rings. The summed E-state index contributed by atoms with van der Waals surface area (Å²) >= 11 is 3.15. The van der Waals surface area contributed by atoms with Crippen LogP contribution in [0.15, 0.2) is 35.7 Å². The van der Waals surface area contributed by atoms with Crippen molar-refractivity contribution >= 4 is 38.5 Å². The molecular weight excluding hydrogens is 303 g/mol. The second-order valence-corrected chi connectivity index (χ2v) is 7.49. The van der Waals surface area contributed by atoms with Crippen molar-refractivity contribution in [3.8, 4) is 0 Å². The molecule has 0 spiro atoms. The van der Waals surface area contributed by atoms with Crippen LogP contribution < -0.4 is 0 Å². The van der Waals surface area contributed by atoms with Crippen LogP contribution in [0.4, 0.5) is 4.39 Å². The second kappa shape index (κ2) is 5.04. The number of ketones is 1. The maximum absolute atomic E-state index is 13.3. The molecule has 106 valence electrons. The van der Waals surface area contributed by atoms with Gasteiger partial charge in [-0.25, -0.2) is 4.39 Å². The first-order valence-corrected chi connectivity index (χ1v) is 8.71. The average Bonchev–Trinajstić information content (AvgIpc) is 3.11. The summed E-state index contributed by atoms with van der Waals surface area (Å²) in [6.07, 6.45) is 3.09. The van der Waals surface area contributed by atoms with Gasteiger partial charge in [0.25, 0.3) is 0 Å². The first-order chi connectivity index (χ1) is 10.2. The molecule has 1 nitrogen and oxygen atoms in total. The Bertz CT molecular complexity index is 830. The van der Waals surface area contributed by atoms with Crippen molar-refractivity contribution in [3.05, 3.63) is 56.8 Å². The Balaban J connectivity index is 1.74.